The van der Waals surface area contributed by atoms with Crippen LogP contribution in [0, 0.1) is 5.41 Å². The van der Waals surface area contributed by atoms with E-state index in [1.807, 2.05) is 31.2 Å². The van der Waals surface area contributed by atoms with Gasteiger partial charge in [-0.05, 0) is 75.5 Å². The van der Waals surface area contributed by atoms with Crippen LogP contribution in [0.15, 0.2) is 29.4 Å². The van der Waals surface area contributed by atoms with Crippen LogP contribution in [0.3, 0.4) is 0 Å². The Morgan fingerprint density at radius 1 is 1.20 bits per heavy atom. The lowest BCUT2D eigenvalue weighted by molar-refractivity contribution is -0.142. The third-order valence-corrected chi connectivity index (χ3v) is 6.70. The first kappa shape index (κ1) is 21.1. The molecule has 3 aliphatic heterocycles. The van der Waals surface area contributed by atoms with E-state index >= 15 is 0 Å². The second-order valence-electron chi connectivity index (χ2n) is 9.04. The SMILES string of the molecule is COc1ccc(C2=NOC(C)(C(=O)NCC3(CN4CCCC4)CCOCC3)C2)cc1. The van der Waals surface area contributed by atoms with E-state index in [0.29, 0.717) is 13.0 Å². The molecule has 0 aliphatic carbocycles. The van der Waals surface area contributed by atoms with E-state index in [2.05, 4.69) is 15.4 Å². The summed E-state index contributed by atoms with van der Waals surface area (Å²) in [6.45, 7) is 7.36. The molecular formula is C23H33N3O4. The van der Waals surface area contributed by atoms with Gasteiger partial charge in [-0.15, -0.1) is 0 Å². The first-order chi connectivity index (χ1) is 14.5. The molecule has 1 atom stereocenters. The molecule has 7 heteroatoms. The molecule has 7 nitrogen and oxygen atoms in total. The van der Waals surface area contributed by atoms with Gasteiger partial charge in [0.05, 0.1) is 12.8 Å². The number of benzene rings is 1. The monoisotopic (exact) mass is 415 g/mol. The van der Waals surface area contributed by atoms with Crippen molar-refractivity contribution in [2.45, 2.75) is 44.6 Å². The Bertz CT molecular complexity index is 767. The third-order valence-electron chi connectivity index (χ3n) is 6.70. The number of carbonyl (C=O) groups is 1. The van der Waals surface area contributed by atoms with Crippen molar-refractivity contribution in [3.63, 3.8) is 0 Å². The largest absolute Gasteiger partial charge is 0.497 e. The summed E-state index contributed by atoms with van der Waals surface area (Å²) >= 11 is 0. The number of oxime groups is 1. The number of hydrogen-bond donors (Lipinski definition) is 1. The smallest absolute Gasteiger partial charge is 0.267 e. The molecule has 0 aromatic heterocycles. The zero-order chi connectivity index (χ0) is 21.0. The Hall–Kier alpha value is -2.12. The molecule has 30 heavy (non-hydrogen) atoms. The molecule has 3 aliphatic rings. The first-order valence-corrected chi connectivity index (χ1v) is 11.0. The Kier molecular flexibility index (Phi) is 6.29. The normalized spacial score (nSPS) is 26.1. The van der Waals surface area contributed by atoms with E-state index in [4.69, 9.17) is 14.3 Å². The van der Waals surface area contributed by atoms with Crippen LogP contribution in [-0.4, -0.2) is 68.6 Å². The molecule has 1 unspecified atom stereocenters. The van der Waals surface area contributed by atoms with E-state index in [1.165, 1.54) is 12.8 Å². The van der Waals surface area contributed by atoms with Crippen LogP contribution in [0.4, 0.5) is 0 Å². The lowest BCUT2D eigenvalue weighted by Crippen LogP contribution is -2.52. The summed E-state index contributed by atoms with van der Waals surface area (Å²) in [6.07, 6.45) is 4.96. The lowest BCUT2D eigenvalue weighted by Gasteiger charge is -2.40. The van der Waals surface area contributed by atoms with E-state index in [0.717, 1.165) is 62.7 Å². The summed E-state index contributed by atoms with van der Waals surface area (Å²) in [7, 11) is 1.64. The van der Waals surface area contributed by atoms with Crippen LogP contribution >= 0.6 is 0 Å². The average Bonchev–Trinajstić information content (AvgIpc) is 3.43. The van der Waals surface area contributed by atoms with Gasteiger partial charge in [0.1, 0.15) is 5.75 Å². The zero-order valence-electron chi connectivity index (χ0n) is 18.1. The van der Waals surface area contributed by atoms with Gasteiger partial charge in [-0.25, -0.2) is 0 Å². The van der Waals surface area contributed by atoms with Crippen molar-refractivity contribution < 1.29 is 19.1 Å². The molecular weight excluding hydrogens is 382 g/mol. The maximum absolute atomic E-state index is 13.1. The number of hydrogen-bond acceptors (Lipinski definition) is 6. The molecule has 0 bridgehead atoms. The number of rotatable bonds is 7. The summed E-state index contributed by atoms with van der Waals surface area (Å²) in [5.41, 5.74) is 0.831. The van der Waals surface area contributed by atoms with Crippen molar-refractivity contribution in [3.8, 4) is 5.75 Å². The Morgan fingerprint density at radius 2 is 1.90 bits per heavy atom. The Balaban J connectivity index is 1.36. The average molecular weight is 416 g/mol. The summed E-state index contributed by atoms with van der Waals surface area (Å²) in [6, 6.07) is 7.66. The quantitative estimate of drug-likeness (QED) is 0.741. The molecule has 0 spiro atoms. The molecule has 2 fully saturated rings. The highest BCUT2D eigenvalue weighted by Gasteiger charge is 2.44. The van der Waals surface area contributed by atoms with Crippen molar-refractivity contribution in [2.24, 2.45) is 10.6 Å². The van der Waals surface area contributed by atoms with Crippen molar-refractivity contribution in [1.82, 2.24) is 10.2 Å². The number of methoxy groups -OCH3 is 1. The Labute approximate surface area is 178 Å². The van der Waals surface area contributed by atoms with Gasteiger partial charge in [0.2, 0.25) is 5.60 Å². The molecule has 1 aromatic rings. The molecule has 4 rings (SSSR count). The van der Waals surface area contributed by atoms with Crippen LogP contribution in [0.1, 0.15) is 44.6 Å². The minimum absolute atomic E-state index is 0.0763. The van der Waals surface area contributed by atoms with Crippen LogP contribution in [0.2, 0.25) is 0 Å². The van der Waals surface area contributed by atoms with E-state index in [9.17, 15) is 4.79 Å². The third kappa shape index (κ3) is 4.62. The maximum atomic E-state index is 13.1. The highest BCUT2D eigenvalue weighted by Crippen LogP contribution is 2.33. The van der Waals surface area contributed by atoms with Gasteiger partial charge in [0.15, 0.2) is 0 Å². The van der Waals surface area contributed by atoms with Crippen molar-refractivity contribution in [3.05, 3.63) is 29.8 Å². The van der Waals surface area contributed by atoms with Crippen molar-refractivity contribution >= 4 is 11.6 Å². The number of nitrogens with one attached hydrogen (secondary N) is 1. The van der Waals surface area contributed by atoms with Gasteiger partial charge in [-0.3, -0.25) is 4.79 Å². The van der Waals surface area contributed by atoms with E-state index in [1.54, 1.807) is 7.11 Å². The second-order valence-corrected chi connectivity index (χ2v) is 9.04. The summed E-state index contributed by atoms with van der Waals surface area (Å²) in [4.78, 5) is 21.3. The van der Waals surface area contributed by atoms with Crippen molar-refractivity contribution in [1.29, 1.82) is 0 Å². The minimum Gasteiger partial charge on any atom is -0.497 e. The number of amides is 1. The fraction of sp³-hybridized carbons (Fsp3) is 0.652. The van der Waals surface area contributed by atoms with Gasteiger partial charge >= 0.3 is 0 Å². The van der Waals surface area contributed by atoms with Crippen molar-refractivity contribution in [2.75, 3.05) is 46.5 Å². The summed E-state index contributed by atoms with van der Waals surface area (Å²) in [5, 5.41) is 7.42. The fourth-order valence-corrected chi connectivity index (χ4v) is 4.66. The fourth-order valence-electron chi connectivity index (χ4n) is 4.66. The zero-order valence-corrected chi connectivity index (χ0v) is 18.1. The van der Waals surface area contributed by atoms with Crippen LogP contribution in [0.25, 0.3) is 0 Å². The number of nitrogens with zero attached hydrogens (tertiary/aromatic N) is 2. The van der Waals surface area contributed by atoms with E-state index in [-0.39, 0.29) is 11.3 Å². The highest BCUT2D eigenvalue weighted by atomic mass is 16.7. The molecule has 3 heterocycles. The van der Waals surface area contributed by atoms with Gasteiger partial charge in [0.25, 0.3) is 5.91 Å². The van der Waals surface area contributed by atoms with Gasteiger partial charge in [-0.1, -0.05) is 5.16 Å². The number of ether oxygens (including phenoxy) is 2. The van der Waals surface area contributed by atoms with Gasteiger partial charge in [-0.2, -0.15) is 0 Å². The number of likely N-dealkylation sites (tertiary alicyclic amines) is 1. The first-order valence-electron chi connectivity index (χ1n) is 11.0. The predicted molar refractivity (Wildman–Crippen MR) is 115 cm³/mol. The molecule has 1 aromatic carbocycles. The molecule has 1 amide bonds. The Morgan fingerprint density at radius 3 is 2.57 bits per heavy atom. The standard InChI is InChI=1S/C23H33N3O4/c1-22(15-20(25-30-22)18-5-7-19(28-2)8-6-18)21(27)24-16-23(9-13-29-14-10-23)17-26-11-3-4-12-26/h5-8H,3-4,9-17H2,1-2H3,(H,24,27). The van der Waals surface area contributed by atoms with Gasteiger partial charge in [0, 0.05) is 38.1 Å². The van der Waals surface area contributed by atoms with E-state index < -0.39 is 5.60 Å². The molecule has 164 valence electrons. The molecule has 1 N–H and O–H groups in total. The number of carbonyl (C=O) groups excluding carboxylic acids is 1. The molecule has 0 radical (unpaired) electrons. The lowest BCUT2D eigenvalue weighted by atomic mass is 9.79. The molecule has 0 saturated carbocycles. The van der Waals surface area contributed by atoms with Crippen LogP contribution in [0.5, 0.6) is 5.75 Å². The molecule has 2 saturated heterocycles. The van der Waals surface area contributed by atoms with Crippen LogP contribution < -0.4 is 10.1 Å². The predicted octanol–water partition coefficient (Wildman–Crippen LogP) is 2.59. The highest BCUT2D eigenvalue weighted by molar-refractivity contribution is 6.05. The summed E-state index contributed by atoms with van der Waals surface area (Å²) < 4.78 is 10.8. The van der Waals surface area contributed by atoms with Crippen LogP contribution in [-0.2, 0) is 14.4 Å². The topological polar surface area (TPSA) is 72.4 Å². The van der Waals surface area contributed by atoms with Gasteiger partial charge < -0.3 is 24.5 Å². The summed E-state index contributed by atoms with van der Waals surface area (Å²) in [5.74, 6) is 0.695. The maximum Gasteiger partial charge on any atom is 0.267 e. The minimum atomic E-state index is -0.977. The second kappa shape index (κ2) is 8.94.